The molecular weight excluding hydrogens is 294 g/mol. The van der Waals surface area contributed by atoms with Gasteiger partial charge in [-0.25, -0.2) is 4.79 Å². The molecule has 1 aromatic carbocycles. The number of carboxylic acid groups (broad SMARTS) is 1. The number of ketones is 1. The van der Waals surface area contributed by atoms with Crippen LogP contribution in [0.3, 0.4) is 0 Å². The van der Waals surface area contributed by atoms with E-state index in [-0.39, 0.29) is 5.41 Å². The molecular formula is C18H25NO4. The molecule has 5 nitrogen and oxygen atoms in total. The van der Waals surface area contributed by atoms with Crippen molar-refractivity contribution in [1.29, 1.82) is 0 Å². The fourth-order valence-electron chi connectivity index (χ4n) is 2.31. The zero-order valence-electron chi connectivity index (χ0n) is 14.0. The first-order chi connectivity index (χ1) is 10.7. The maximum absolute atomic E-state index is 12.2. The quantitative estimate of drug-likeness (QED) is 0.590. The third-order valence-electron chi connectivity index (χ3n) is 3.30. The van der Waals surface area contributed by atoms with Gasteiger partial charge in [-0.05, 0) is 23.8 Å². The number of hydrogen-bond donors (Lipinski definition) is 1. The molecule has 0 saturated heterocycles. The van der Waals surface area contributed by atoms with Crippen molar-refractivity contribution in [3.05, 3.63) is 35.9 Å². The van der Waals surface area contributed by atoms with E-state index in [0.717, 1.165) is 12.8 Å². The lowest BCUT2D eigenvalue weighted by atomic mass is 9.95. The molecule has 0 heterocycles. The van der Waals surface area contributed by atoms with Crippen molar-refractivity contribution < 1.29 is 19.5 Å². The Hall–Kier alpha value is -2.17. The van der Waals surface area contributed by atoms with E-state index < -0.39 is 24.1 Å². The third kappa shape index (κ3) is 7.58. The summed E-state index contributed by atoms with van der Waals surface area (Å²) in [4.78, 5) is 35.7. The SMILES string of the molecule is CC(C)(C)CN(CCCc1ccccc1)C(=O)CC(=O)C(=O)O. The highest BCUT2D eigenvalue weighted by atomic mass is 16.4. The summed E-state index contributed by atoms with van der Waals surface area (Å²) in [5.41, 5.74) is 1.08. The van der Waals surface area contributed by atoms with Crippen LogP contribution in [0.2, 0.25) is 0 Å². The van der Waals surface area contributed by atoms with Crippen LogP contribution in [-0.2, 0) is 20.8 Å². The lowest BCUT2D eigenvalue weighted by Gasteiger charge is -2.30. The minimum Gasteiger partial charge on any atom is -0.475 e. The number of carboxylic acids is 1. The van der Waals surface area contributed by atoms with Crippen LogP contribution in [0.15, 0.2) is 30.3 Å². The van der Waals surface area contributed by atoms with Crippen molar-refractivity contribution in [2.24, 2.45) is 5.41 Å². The van der Waals surface area contributed by atoms with Gasteiger partial charge in [0.1, 0.15) is 0 Å². The summed E-state index contributed by atoms with van der Waals surface area (Å²) in [7, 11) is 0. The molecule has 0 saturated carbocycles. The maximum atomic E-state index is 12.2. The molecule has 5 heteroatoms. The lowest BCUT2D eigenvalue weighted by Crippen LogP contribution is -2.40. The van der Waals surface area contributed by atoms with Crippen molar-refractivity contribution in [2.45, 2.75) is 40.0 Å². The second-order valence-corrected chi connectivity index (χ2v) is 6.87. The van der Waals surface area contributed by atoms with Crippen LogP contribution in [0, 0.1) is 5.41 Å². The van der Waals surface area contributed by atoms with E-state index in [0.29, 0.717) is 13.1 Å². The number of Topliss-reactive ketones (excluding diaryl/α,β-unsaturated/α-hetero) is 1. The lowest BCUT2D eigenvalue weighted by molar-refractivity contribution is -0.151. The van der Waals surface area contributed by atoms with Crippen molar-refractivity contribution in [3.63, 3.8) is 0 Å². The Morgan fingerprint density at radius 1 is 1.09 bits per heavy atom. The predicted molar refractivity (Wildman–Crippen MR) is 88.1 cm³/mol. The summed E-state index contributed by atoms with van der Waals surface area (Å²) in [5, 5.41) is 8.65. The number of rotatable bonds is 8. The summed E-state index contributed by atoms with van der Waals surface area (Å²) in [5.74, 6) is -3.03. The molecule has 0 fully saturated rings. The molecule has 1 amide bonds. The van der Waals surface area contributed by atoms with Crippen LogP contribution < -0.4 is 0 Å². The molecule has 0 aliphatic carbocycles. The number of benzene rings is 1. The van der Waals surface area contributed by atoms with Gasteiger partial charge in [-0.3, -0.25) is 9.59 Å². The summed E-state index contributed by atoms with van der Waals surface area (Å²) >= 11 is 0. The second-order valence-electron chi connectivity index (χ2n) is 6.87. The van der Waals surface area contributed by atoms with Crippen LogP contribution in [0.25, 0.3) is 0 Å². The molecule has 0 atom stereocenters. The molecule has 0 aliphatic heterocycles. The van der Waals surface area contributed by atoms with E-state index in [2.05, 4.69) is 0 Å². The molecule has 1 N–H and O–H groups in total. The van der Waals surface area contributed by atoms with Crippen LogP contribution in [0.4, 0.5) is 0 Å². The zero-order chi connectivity index (χ0) is 17.5. The standard InChI is InChI=1S/C18H25NO4/c1-18(2,3)13-19(16(21)12-15(20)17(22)23)11-7-10-14-8-5-4-6-9-14/h4-6,8-9H,7,10-13H2,1-3H3,(H,22,23). The topological polar surface area (TPSA) is 74.7 Å². The normalized spacial score (nSPS) is 11.1. The van der Waals surface area contributed by atoms with E-state index in [1.54, 1.807) is 4.90 Å². The Bertz CT molecular complexity index is 546. The second kappa shape index (κ2) is 8.46. The molecule has 0 aromatic heterocycles. The van der Waals surface area contributed by atoms with Gasteiger partial charge in [0.05, 0.1) is 6.42 Å². The van der Waals surface area contributed by atoms with Crippen LogP contribution in [0.1, 0.15) is 39.2 Å². The number of carbonyl (C=O) groups is 3. The highest BCUT2D eigenvalue weighted by Gasteiger charge is 2.24. The number of hydrogen-bond acceptors (Lipinski definition) is 3. The highest BCUT2D eigenvalue weighted by Crippen LogP contribution is 2.17. The van der Waals surface area contributed by atoms with Gasteiger partial charge in [0.25, 0.3) is 0 Å². The number of aryl methyl sites for hydroxylation is 1. The first-order valence-electron chi connectivity index (χ1n) is 7.77. The summed E-state index contributed by atoms with van der Waals surface area (Å²) in [6, 6.07) is 9.96. The maximum Gasteiger partial charge on any atom is 0.372 e. The first kappa shape index (κ1) is 18.9. The average Bonchev–Trinajstić information content (AvgIpc) is 2.45. The Kier molecular flexibility index (Phi) is 6.94. The molecule has 126 valence electrons. The van der Waals surface area contributed by atoms with Crippen LogP contribution in [0.5, 0.6) is 0 Å². The first-order valence-corrected chi connectivity index (χ1v) is 7.77. The summed E-state index contributed by atoms with van der Waals surface area (Å²) in [6.07, 6.45) is 1.03. The monoisotopic (exact) mass is 319 g/mol. The third-order valence-corrected chi connectivity index (χ3v) is 3.30. The van der Waals surface area contributed by atoms with E-state index in [1.807, 2.05) is 51.1 Å². The number of amides is 1. The van der Waals surface area contributed by atoms with Crippen LogP contribution >= 0.6 is 0 Å². The number of nitrogens with zero attached hydrogens (tertiary/aromatic N) is 1. The Balaban J connectivity index is 2.63. The highest BCUT2D eigenvalue weighted by molar-refractivity contribution is 6.36. The molecule has 0 aliphatic rings. The minimum atomic E-state index is -1.56. The number of aliphatic carboxylic acids is 1. The Morgan fingerprint density at radius 2 is 1.70 bits per heavy atom. The van der Waals surface area contributed by atoms with Crippen molar-refractivity contribution in [3.8, 4) is 0 Å². The molecule has 0 radical (unpaired) electrons. The van der Waals surface area contributed by atoms with Gasteiger partial charge in [0.2, 0.25) is 11.7 Å². The number of carbonyl (C=O) groups excluding carboxylic acids is 2. The van der Waals surface area contributed by atoms with Gasteiger partial charge < -0.3 is 10.0 Å². The Morgan fingerprint density at radius 3 is 2.22 bits per heavy atom. The van der Waals surface area contributed by atoms with E-state index in [4.69, 9.17) is 5.11 Å². The van der Waals surface area contributed by atoms with Gasteiger partial charge in [0.15, 0.2) is 0 Å². The van der Waals surface area contributed by atoms with Gasteiger partial charge in [-0.1, -0.05) is 51.1 Å². The van der Waals surface area contributed by atoms with E-state index >= 15 is 0 Å². The fourth-order valence-corrected chi connectivity index (χ4v) is 2.31. The predicted octanol–water partition coefficient (Wildman–Crippen LogP) is 2.54. The Labute approximate surface area is 137 Å². The molecule has 0 unspecified atom stereocenters. The molecule has 0 bridgehead atoms. The van der Waals surface area contributed by atoms with Crippen molar-refractivity contribution in [2.75, 3.05) is 13.1 Å². The molecule has 0 spiro atoms. The molecule has 1 rings (SSSR count). The van der Waals surface area contributed by atoms with E-state index in [1.165, 1.54) is 5.56 Å². The average molecular weight is 319 g/mol. The van der Waals surface area contributed by atoms with Gasteiger partial charge in [0, 0.05) is 13.1 Å². The zero-order valence-corrected chi connectivity index (χ0v) is 14.0. The smallest absolute Gasteiger partial charge is 0.372 e. The van der Waals surface area contributed by atoms with Gasteiger partial charge in [-0.2, -0.15) is 0 Å². The van der Waals surface area contributed by atoms with Crippen molar-refractivity contribution >= 4 is 17.7 Å². The summed E-state index contributed by atoms with van der Waals surface area (Å²) in [6.45, 7) is 7.02. The van der Waals surface area contributed by atoms with Crippen LogP contribution in [-0.4, -0.2) is 40.8 Å². The molecule has 1 aromatic rings. The fraction of sp³-hybridized carbons (Fsp3) is 0.500. The minimum absolute atomic E-state index is 0.116. The van der Waals surface area contributed by atoms with Crippen molar-refractivity contribution in [1.82, 2.24) is 4.90 Å². The summed E-state index contributed by atoms with van der Waals surface area (Å²) < 4.78 is 0. The van der Waals surface area contributed by atoms with Gasteiger partial charge in [-0.15, -0.1) is 0 Å². The largest absolute Gasteiger partial charge is 0.475 e. The molecule has 23 heavy (non-hydrogen) atoms. The van der Waals surface area contributed by atoms with E-state index in [9.17, 15) is 14.4 Å². The van der Waals surface area contributed by atoms with Gasteiger partial charge >= 0.3 is 5.97 Å².